The second-order valence-electron chi connectivity index (χ2n) is 9.51. The van der Waals surface area contributed by atoms with E-state index in [2.05, 4.69) is 34.6 Å². The molecule has 4 nitrogen and oxygen atoms in total. The van der Waals surface area contributed by atoms with Gasteiger partial charge in [-0.2, -0.15) is 0 Å². The molecular weight excluding hydrogens is 304 g/mol. The van der Waals surface area contributed by atoms with Gasteiger partial charge in [0.05, 0.1) is 11.3 Å². The number of rotatable bonds is 5. The van der Waals surface area contributed by atoms with Crippen molar-refractivity contribution in [2.75, 3.05) is 0 Å². The molecule has 2 bridgehead atoms. The number of hydrogen-bond acceptors (Lipinski definition) is 4. The van der Waals surface area contributed by atoms with Gasteiger partial charge >= 0.3 is 11.9 Å². The highest BCUT2D eigenvalue weighted by Gasteiger charge is 2.68. The molecule has 24 heavy (non-hydrogen) atoms. The summed E-state index contributed by atoms with van der Waals surface area (Å²) in [5, 5.41) is 0. The summed E-state index contributed by atoms with van der Waals surface area (Å²) in [5.41, 5.74) is -1.06. The molecule has 0 amide bonds. The molecule has 0 aromatic rings. The van der Waals surface area contributed by atoms with E-state index in [0.29, 0.717) is 12.3 Å². The highest BCUT2D eigenvalue weighted by Crippen LogP contribution is 2.67. The molecule has 0 aromatic carbocycles. The van der Waals surface area contributed by atoms with Crippen LogP contribution in [0.25, 0.3) is 0 Å². The van der Waals surface area contributed by atoms with Gasteiger partial charge in [-0.3, -0.25) is 9.59 Å². The number of esters is 2. The van der Waals surface area contributed by atoms with Crippen molar-refractivity contribution in [2.24, 2.45) is 28.6 Å². The predicted octanol–water partition coefficient (Wildman–Crippen LogP) is 4.11. The minimum Gasteiger partial charge on any atom is -0.458 e. The average molecular weight is 336 g/mol. The van der Waals surface area contributed by atoms with Gasteiger partial charge in [0.2, 0.25) is 0 Å². The molecule has 0 radical (unpaired) electrons. The third kappa shape index (κ3) is 2.48. The van der Waals surface area contributed by atoms with Crippen LogP contribution in [0.15, 0.2) is 0 Å². The molecule has 3 rings (SSSR count). The van der Waals surface area contributed by atoms with E-state index in [4.69, 9.17) is 9.47 Å². The maximum Gasteiger partial charge on any atom is 0.313 e. The fourth-order valence-electron chi connectivity index (χ4n) is 5.23. The van der Waals surface area contributed by atoms with E-state index in [1.54, 1.807) is 0 Å². The number of carbonyl (C=O) groups excluding carboxylic acids is 2. The Hall–Kier alpha value is -1.06. The van der Waals surface area contributed by atoms with E-state index in [9.17, 15) is 9.59 Å². The van der Waals surface area contributed by atoms with Crippen molar-refractivity contribution in [3.05, 3.63) is 0 Å². The Morgan fingerprint density at radius 1 is 1.29 bits per heavy atom. The fraction of sp³-hybridized carbons (Fsp3) is 0.900. The Kier molecular flexibility index (Phi) is 4.05. The molecule has 1 saturated heterocycles. The standard InChI is InChI=1S/C20H32O4/c1-7-14-8-13-9-15(23-16(13)21)19(14,6)24-17(22)20(10-12(2)3)11-18(20,4)5/h12-15H,7-11H2,1-6H3. The molecule has 1 heterocycles. The van der Waals surface area contributed by atoms with E-state index in [1.165, 1.54) is 0 Å². The number of carbonyl (C=O) groups is 2. The zero-order valence-corrected chi connectivity index (χ0v) is 16.0. The van der Waals surface area contributed by atoms with Gasteiger partial charge in [-0.05, 0) is 43.9 Å². The summed E-state index contributed by atoms with van der Waals surface area (Å²) in [5.74, 6) is 0.447. The van der Waals surface area contributed by atoms with Gasteiger partial charge < -0.3 is 9.47 Å². The van der Waals surface area contributed by atoms with E-state index < -0.39 is 5.60 Å². The molecule has 4 heteroatoms. The molecule has 5 atom stereocenters. The third-order valence-corrected chi connectivity index (χ3v) is 6.98. The smallest absolute Gasteiger partial charge is 0.313 e. The monoisotopic (exact) mass is 336 g/mol. The van der Waals surface area contributed by atoms with Crippen molar-refractivity contribution in [2.45, 2.75) is 85.4 Å². The second kappa shape index (κ2) is 5.47. The summed E-state index contributed by atoms with van der Waals surface area (Å²) in [6.07, 6.45) is 3.83. The minimum absolute atomic E-state index is 0.00399. The van der Waals surface area contributed by atoms with Crippen molar-refractivity contribution in [3.63, 3.8) is 0 Å². The first-order valence-electron chi connectivity index (χ1n) is 9.49. The van der Waals surface area contributed by atoms with Gasteiger partial charge in [0, 0.05) is 12.3 Å². The van der Waals surface area contributed by atoms with Crippen LogP contribution in [0.3, 0.4) is 0 Å². The minimum atomic E-state index is -0.683. The molecule has 5 unspecified atom stereocenters. The Morgan fingerprint density at radius 2 is 1.92 bits per heavy atom. The largest absolute Gasteiger partial charge is 0.458 e. The number of fused-ring (bicyclic) bond motifs is 2. The van der Waals surface area contributed by atoms with E-state index in [-0.39, 0.29) is 40.7 Å². The van der Waals surface area contributed by atoms with Crippen molar-refractivity contribution >= 4 is 11.9 Å². The lowest BCUT2D eigenvalue weighted by molar-refractivity contribution is -0.194. The van der Waals surface area contributed by atoms with Crippen LogP contribution in [0.1, 0.15) is 73.6 Å². The molecule has 0 spiro atoms. The lowest BCUT2D eigenvalue weighted by Gasteiger charge is -2.43. The van der Waals surface area contributed by atoms with Crippen molar-refractivity contribution in [1.29, 1.82) is 0 Å². The Bertz CT molecular complexity index is 552. The summed E-state index contributed by atoms with van der Waals surface area (Å²) in [4.78, 5) is 25.2. The number of ether oxygens (including phenoxy) is 2. The summed E-state index contributed by atoms with van der Waals surface area (Å²) in [7, 11) is 0. The molecular formula is C20H32O4. The van der Waals surface area contributed by atoms with Crippen LogP contribution in [-0.2, 0) is 19.1 Å². The van der Waals surface area contributed by atoms with E-state index in [0.717, 1.165) is 25.7 Å². The lowest BCUT2D eigenvalue weighted by Crippen LogP contribution is -2.53. The molecule has 1 aliphatic heterocycles. The quantitative estimate of drug-likeness (QED) is 0.709. The fourth-order valence-corrected chi connectivity index (χ4v) is 5.23. The molecule has 3 aliphatic rings. The first-order chi connectivity index (χ1) is 11.1. The molecule has 3 fully saturated rings. The van der Waals surface area contributed by atoms with Gasteiger partial charge in [-0.1, -0.05) is 34.6 Å². The summed E-state index contributed by atoms with van der Waals surface area (Å²) in [6.45, 7) is 12.7. The molecule has 136 valence electrons. The van der Waals surface area contributed by atoms with Crippen LogP contribution in [0.2, 0.25) is 0 Å². The highest BCUT2D eigenvalue weighted by atomic mass is 16.6. The van der Waals surface area contributed by atoms with Gasteiger partial charge in [0.1, 0.15) is 11.7 Å². The highest BCUT2D eigenvalue weighted by molar-refractivity contribution is 5.82. The van der Waals surface area contributed by atoms with E-state index in [1.807, 2.05) is 6.92 Å². The van der Waals surface area contributed by atoms with Crippen LogP contribution in [0, 0.1) is 28.6 Å². The first kappa shape index (κ1) is 17.8. The lowest BCUT2D eigenvalue weighted by atomic mass is 9.70. The Labute approximate surface area is 145 Å². The van der Waals surface area contributed by atoms with Crippen LogP contribution in [0.5, 0.6) is 0 Å². The van der Waals surface area contributed by atoms with Crippen molar-refractivity contribution < 1.29 is 19.1 Å². The SMILES string of the molecule is CCC1CC2CC(OC2=O)C1(C)OC(=O)C1(CC(C)C)CC1(C)C. The van der Waals surface area contributed by atoms with Crippen LogP contribution < -0.4 is 0 Å². The summed E-state index contributed by atoms with van der Waals surface area (Å²) in [6, 6.07) is 0. The number of hydrogen-bond donors (Lipinski definition) is 0. The molecule has 2 saturated carbocycles. The van der Waals surface area contributed by atoms with Crippen LogP contribution >= 0.6 is 0 Å². The van der Waals surface area contributed by atoms with Crippen molar-refractivity contribution in [3.8, 4) is 0 Å². The molecule has 0 N–H and O–H groups in total. The second-order valence-corrected chi connectivity index (χ2v) is 9.51. The van der Waals surface area contributed by atoms with E-state index >= 15 is 0 Å². The molecule has 0 aromatic heterocycles. The summed E-state index contributed by atoms with van der Waals surface area (Å²) < 4.78 is 11.8. The van der Waals surface area contributed by atoms with Gasteiger partial charge in [0.15, 0.2) is 0 Å². The zero-order valence-electron chi connectivity index (χ0n) is 16.0. The Balaban J connectivity index is 1.83. The van der Waals surface area contributed by atoms with Crippen molar-refractivity contribution in [1.82, 2.24) is 0 Å². The molecule has 2 aliphatic carbocycles. The van der Waals surface area contributed by atoms with Crippen LogP contribution in [0.4, 0.5) is 0 Å². The van der Waals surface area contributed by atoms with Gasteiger partial charge in [0.25, 0.3) is 0 Å². The topological polar surface area (TPSA) is 52.6 Å². The normalized spacial score (nSPS) is 42.8. The van der Waals surface area contributed by atoms with Gasteiger partial charge in [-0.25, -0.2) is 0 Å². The third-order valence-electron chi connectivity index (χ3n) is 6.98. The average Bonchev–Trinajstić information content (AvgIpc) is 2.85. The van der Waals surface area contributed by atoms with Crippen LogP contribution in [-0.4, -0.2) is 23.6 Å². The van der Waals surface area contributed by atoms with Gasteiger partial charge in [-0.15, -0.1) is 0 Å². The summed E-state index contributed by atoms with van der Waals surface area (Å²) >= 11 is 0. The maximum absolute atomic E-state index is 13.2. The maximum atomic E-state index is 13.2. The predicted molar refractivity (Wildman–Crippen MR) is 91.2 cm³/mol. The first-order valence-corrected chi connectivity index (χ1v) is 9.49. The Morgan fingerprint density at radius 3 is 2.42 bits per heavy atom. The zero-order chi connectivity index (χ0) is 17.9.